The number of fused-ring (bicyclic) bond motifs is 1. The number of aromatic nitrogens is 2. The molecule has 1 N–H and O–H groups in total. The molecule has 1 aromatic heterocycles. The second kappa shape index (κ2) is 7.21. The number of carbonyl (C=O) groups is 1. The Bertz CT molecular complexity index is 1100. The number of carbonyl (C=O) groups excluding carboxylic acids is 1. The Morgan fingerprint density at radius 3 is 2.29 bits per heavy atom. The van der Waals surface area contributed by atoms with Gasteiger partial charge < -0.3 is 5.32 Å². The first-order valence-corrected chi connectivity index (χ1v) is 14.5. The van der Waals surface area contributed by atoms with Crippen LogP contribution in [-0.2, 0) is 37.6 Å². The third kappa shape index (κ3) is 4.00. The molecule has 1 amide bonds. The van der Waals surface area contributed by atoms with E-state index in [4.69, 9.17) is 0 Å². The van der Waals surface area contributed by atoms with Crippen LogP contribution in [0.4, 0.5) is 5.82 Å². The van der Waals surface area contributed by atoms with Crippen molar-refractivity contribution in [3.8, 4) is 0 Å². The van der Waals surface area contributed by atoms with Gasteiger partial charge in [0.1, 0.15) is 12.1 Å². The molecule has 1 aromatic rings. The second-order valence-corrected chi connectivity index (χ2v) is 14.5. The van der Waals surface area contributed by atoms with Crippen molar-refractivity contribution in [1.82, 2.24) is 14.3 Å². The largest absolute Gasteiger partial charge is 0.310 e. The summed E-state index contributed by atoms with van der Waals surface area (Å²) in [6.07, 6.45) is 9.20. The van der Waals surface area contributed by atoms with Crippen molar-refractivity contribution in [1.29, 1.82) is 0 Å². The SMILES string of the molecule is CS(=O)(=O)CS(=O)(=O)N1CCc2c(ncnc2NC(=O)C23CC4CC(CC(C4)C2)C3)C1. The number of sulfonamides is 1. The molecule has 0 saturated heterocycles. The van der Waals surface area contributed by atoms with E-state index in [0.29, 0.717) is 35.7 Å². The fraction of sp³-hybridized carbons (Fsp3) is 0.750. The van der Waals surface area contributed by atoms with Crippen LogP contribution in [0.25, 0.3) is 0 Å². The lowest BCUT2D eigenvalue weighted by Gasteiger charge is -2.55. The fourth-order valence-corrected chi connectivity index (χ4v) is 10.1. The van der Waals surface area contributed by atoms with Crippen molar-refractivity contribution in [3.05, 3.63) is 17.6 Å². The molecule has 0 radical (unpaired) electrons. The van der Waals surface area contributed by atoms with E-state index in [1.165, 1.54) is 25.6 Å². The van der Waals surface area contributed by atoms with Gasteiger partial charge in [-0.1, -0.05) is 0 Å². The predicted octanol–water partition coefficient (Wildman–Crippen LogP) is 1.32. The Morgan fingerprint density at radius 2 is 1.71 bits per heavy atom. The first kappa shape index (κ1) is 21.3. The summed E-state index contributed by atoms with van der Waals surface area (Å²) in [5.41, 5.74) is 0.956. The second-order valence-electron chi connectivity index (χ2n) is 10.0. The Morgan fingerprint density at radius 1 is 1.10 bits per heavy atom. The van der Waals surface area contributed by atoms with Crippen LogP contribution in [0.5, 0.6) is 0 Å². The quantitative estimate of drug-likeness (QED) is 0.690. The molecule has 1 aliphatic heterocycles. The molecule has 4 bridgehead atoms. The molecule has 9 nitrogen and oxygen atoms in total. The van der Waals surface area contributed by atoms with Crippen LogP contribution in [0.2, 0.25) is 0 Å². The number of hydrogen-bond acceptors (Lipinski definition) is 7. The van der Waals surface area contributed by atoms with Crippen LogP contribution in [0.1, 0.15) is 49.8 Å². The predicted molar refractivity (Wildman–Crippen MR) is 114 cm³/mol. The summed E-state index contributed by atoms with van der Waals surface area (Å²) in [6.45, 7) is 0.119. The van der Waals surface area contributed by atoms with E-state index in [2.05, 4.69) is 15.3 Å². The van der Waals surface area contributed by atoms with Crippen LogP contribution >= 0.6 is 0 Å². The molecule has 0 unspecified atom stereocenters. The van der Waals surface area contributed by atoms with Crippen LogP contribution in [0.3, 0.4) is 0 Å². The number of hydrogen-bond donors (Lipinski definition) is 1. The molecule has 4 aliphatic carbocycles. The van der Waals surface area contributed by atoms with Gasteiger partial charge in [-0.3, -0.25) is 4.79 Å². The maximum absolute atomic E-state index is 13.4. The number of nitrogens with one attached hydrogen (secondary N) is 1. The molecule has 11 heteroatoms. The normalized spacial score (nSPS) is 32.6. The summed E-state index contributed by atoms with van der Waals surface area (Å²) in [6, 6.07) is 0. The Hall–Kier alpha value is -1.59. The van der Waals surface area contributed by atoms with E-state index in [1.54, 1.807) is 0 Å². The number of amides is 1. The summed E-state index contributed by atoms with van der Waals surface area (Å²) < 4.78 is 49.1. The summed E-state index contributed by atoms with van der Waals surface area (Å²) in [5, 5.41) is 2.14. The van der Waals surface area contributed by atoms with Crippen molar-refractivity contribution in [3.63, 3.8) is 0 Å². The molecule has 2 heterocycles. The monoisotopic (exact) mass is 468 g/mol. The van der Waals surface area contributed by atoms with Gasteiger partial charge in [0.15, 0.2) is 14.9 Å². The summed E-state index contributed by atoms with van der Waals surface area (Å²) >= 11 is 0. The van der Waals surface area contributed by atoms with Crippen LogP contribution < -0.4 is 5.32 Å². The average molecular weight is 469 g/mol. The number of anilines is 1. The minimum absolute atomic E-state index is 0.0179. The Kier molecular flexibility index (Phi) is 4.95. The maximum Gasteiger partial charge on any atom is 0.231 e. The van der Waals surface area contributed by atoms with Crippen molar-refractivity contribution in [2.45, 2.75) is 51.5 Å². The average Bonchev–Trinajstić information content (AvgIpc) is 2.65. The van der Waals surface area contributed by atoms with Crippen LogP contribution in [0.15, 0.2) is 6.33 Å². The molecule has 170 valence electrons. The first-order valence-electron chi connectivity index (χ1n) is 10.8. The van der Waals surface area contributed by atoms with Crippen molar-refractivity contribution >= 4 is 31.6 Å². The molecule has 4 fully saturated rings. The Labute approximate surface area is 183 Å². The maximum atomic E-state index is 13.4. The first-order chi connectivity index (χ1) is 14.5. The molecular weight excluding hydrogens is 440 g/mol. The lowest BCUT2D eigenvalue weighted by atomic mass is 9.49. The molecule has 0 atom stereocenters. The highest BCUT2D eigenvalue weighted by molar-refractivity contribution is 8.06. The van der Waals surface area contributed by atoms with Gasteiger partial charge in [-0.25, -0.2) is 26.8 Å². The topological polar surface area (TPSA) is 126 Å². The molecule has 0 aromatic carbocycles. The van der Waals surface area contributed by atoms with Crippen molar-refractivity contribution in [2.75, 3.05) is 23.2 Å². The van der Waals surface area contributed by atoms with Crippen molar-refractivity contribution < 1.29 is 21.6 Å². The van der Waals surface area contributed by atoms with Gasteiger partial charge in [-0.15, -0.1) is 0 Å². The number of nitrogens with zero attached hydrogens (tertiary/aromatic N) is 3. The fourth-order valence-electron chi connectivity index (χ4n) is 6.65. The van der Waals surface area contributed by atoms with E-state index in [9.17, 15) is 21.6 Å². The molecule has 5 aliphatic rings. The van der Waals surface area contributed by atoms with Gasteiger partial charge >= 0.3 is 0 Å². The standard InChI is InChI=1S/C20H28N4O5S2/c1-30(26,27)12-31(28,29)24-3-2-16-17(10-24)21-11-22-18(16)23-19(25)20-7-13-4-14(8-20)6-15(5-13)9-20/h11,13-15H,2-10,12H2,1H3,(H,21,22,23,25). The number of rotatable bonds is 5. The third-order valence-electron chi connectivity index (χ3n) is 7.48. The van der Waals surface area contributed by atoms with Gasteiger partial charge in [0.05, 0.1) is 17.7 Å². The number of sulfone groups is 1. The van der Waals surface area contributed by atoms with Crippen LogP contribution in [0, 0.1) is 23.2 Å². The minimum Gasteiger partial charge on any atom is -0.310 e. The molecular formula is C20H28N4O5S2. The molecule has 4 saturated carbocycles. The minimum atomic E-state index is -3.95. The van der Waals surface area contributed by atoms with Gasteiger partial charge in [0.2, 0.25) is 15.9 Å². The third-order valence-corrected chi connectivity index (χ3v) is 11.5. The summed E-state index contributed by atoms with van der Waals surface area (Å²) in [4.78, 5) is 21.9. The molecule has 6 rings (SSSR count). The zero-order chi connectivity index (χ0) is 22.0. The zero-order valence-electron chi connectivity index (χ0n) is 17.6. The lowest BCUT2D eigenvalue weighted by molar-refractivity contribution is -0.140. The van der Waals surface area contributed by atoms with E-state index in [0.717, 1.165) is 35.4 Å². The van der Waals surface area contributed by atoms with E-state index >= 15 is 0 Å². The highest BCUT2D eigenvalue weighted by Gasteiger charge is 2.54. The van der Waals surface area contributed by atoms with Crippen LogP contribution in [-0.4, -0.2) is 54.9 Å². The Balaban J connectivity index is 1.35. The summed E-state index contributed by atoms with van der Waals surface area (Å²) in [7, 11) is -7.63. The van der Waals surface area contributed by atoms with Crippen molar-refractivity contribution in [2.24, 2.45) is 23.2 Å². The highest BCUT2D eigenvalue weighted by Crippen LogP contribution is 2.60. The van der Waals surface area contributed by atoms with E-state index in [-0.39, 0.29) is 24.4 Å². The van der Waals surface area contributed by atoms with Gasteiger partial charge in [0, 0.05) is 18.4 Å². The smallest absolute Gasteiger partial charge is 0.231 e. The molecule has 0 spiro atoms. The van der Waals surface area contributed by atoms with Gasteiger partial charge in [-0.05, 0) is 62.7 Å². The summed E-state index contributed by atoms with van der Waals surface area (Å²) in [5.74, 6) is 2.48. The highest BCUT2D eigenvalue weighted by atomic mass is 32.3. The van der Waals surface area contributed by atoms with E-state index in [1.807, 2.05) is 0 Å². The van der Waals surface area contributed by atoms with Gasteiger partial charge in [0.25, 0.3) is 0 Å². The van der Waals surface area contributed by atoms with Gasteiger partial charge in [-0.2, -0.15) is 4.31 Å². The molecule has 31 heavy (non-hydrogen) atoms. The zero-order valence-corrected chi connectivity index (χ0v) is 19.2. The van der Waals surface area contributed by atoms with E-state index < -0.39 is 24.9 Å². The lowest BCUT2D eigenvalue weighted by Crippen LogP contribution is -2.52.